The molecule has 1 aromatic heterocycles. The maximum Gasteiger partial charge on any atom is 0.254 e. The lowest BCUT2D eigenvalue weighted by atomic mass is 10.0. The number of piperazine rings is 1. The highest BCUT2D eigenvalue weighted by molar-refractivity contribution is 6.08. The minimum absolute atomic E-state index is 0. The Morgan fingerprint density at radius 3 is 2.52 bits per heavy atom. The largest absolute Gasteiger partial charge is 0.360 e. The topological polar surface area (TPSA) is 63.1 Å². The number of nitriles is 1. The summed E-state index contributed by atoms with van der Waals surface area (Å²) in [6, 6.07) is 14.3. The lowest BCUT2D eigenvalue weighted by Crippen LogP contribution is -2.49. The van der Waals surface area contributed by atoms with Crippen LogP contribution < -0.4 is 0 Å². The van der Waals surface area contributed by atoms with Gasteiger partial charge >= 0.3 is 0 Å². The van der Waals surface area contributed by atoms with Crippen LogP contribution in [0.4, 0.5) is 4.39 Å². The van der Waals surface area contributed by atoms with E-state index in [1.165, 1.54) is 12.1 Å². The smallest absolute Gasteiger partial charge is 0.254 e. The lowest BCUT2D eigenvalue weighted by Gasteiger charge is -2.35. The van der Waals surface area contributed by atoms with Gasteiger partial charge in [-0.2, -0.15) is 5.26 Å². The Kier molecular flexibility index (Phi) is 6.53. The van der Waals surface area contributed by atoms with Gasteiger partial charge in [0.05, 0.1) is 11.1 Å². The number of carbonyl (C=O) groups excluding carboxylic acids is 1. The fraction of sp³-hybridized carbons (Fsp3) is 0.273. The highest BCUT2D eigenvalue weighted by Crippen LogP contribution is 2.24. The number of rotatable bonds is 4. The fourth-order valence-corrected chi connectivity index (χ4v) is 3.73. The van der Waals surface area contributed by atoms with E-state index in [1.54, 1.807) is 12.3 Å². The normalized spacial score (nSPS) is 14.4. The van der Waals surface area contributed by atoms with Gasteiger partial charge in [-0.05, 0) is 36.2 Å². The predicted molar refractivity (Wildman–Crippen MR) is 113 cm³/mol. The SMILES string of the molecule is Cl.N#Cc1c[nH]c2cccc(C(=O)N3CCN(CCc4ccc(F)cc4)CC3)c12. The van der Waals surface area contributed by atoms with Gasteiger partial charge in [-0.3, -0.25) is 9.69 Å². The Morgan fingerprint density at radius 1 is 1.10 bits per heavy atom. The monoisotopic (exact) mass is 412 g/mol. The predicted octanol–water partition coefficient (Wildman–Crippen LogP) is 3.60. The summed E-state index contributed by atoms with van der Waals surface area (Å²) in [7, 11) is 0. The summed E-state index contributed by atoms with van der Waals surface area (Å²) >= 11 is 0. The molecule has 1 saturated heterocycles. The minimum Gasteiger partial charge on any atom is -0.360 e. The number of carbonyl (C=O) groups is 1. The van der Waals surface area contributed by atoms with Gasteiger partial charge in [0.2, 0.25) is 0 Å². The summed E-state index contributed by atoms with van der Waals surface area (Å²) < 4.78 is 13.0. The molecule has 150 valence electrons. The van der Waals surface area contributed by atoms with Crippen LogP contribution in [0.5, 0.6) is 0 Å². The third-order valence-corrected chi connectivity index (χ3v) is 5.35. The van der Waals surface area contributed by atoms with Crippen molar-refractivity contribution in [2.45, 2.75) is 6.42 Å². The summed E-state index contributed by atoms with van der Waals surface area (Å²) in [5, 5.41) is 10.0. The third kappa shape index (κ3) is 4.42. The number of H-pyrrole nitrogens is 1. The molecule has 1 aliphatic rings. The molecule has 1 amide bonds. The Balaban J connectivity index is 0.00000240. The fourth-order valence-electron chi connectivity index (χ4n) is 3.73. The van der Waals surface area contributed by atoms with Crippen LogP contribution in [0.3, 0.4) is 0 Å². The van der Waals surface area contributed by atoms with Gasteiger partial charge in [-0.1, -0.05) is 18.2 Å². The zero-order valence-corrected chi connectivity index (χ0v) is 16.7. The minimum atomic E-state index is -0.215. The first kappa shape index (κ1) is 20.8. The Hall–Kier alpha value is -2.88. The third-order valence-electron chi connectivity index (χ3n) is 5.35. The Morgan fingerprint density at radius 2 is 1.83 bits per heavy atom. The van der Waals surface area contributed by atoms with Crippen LogP contribution in [0.2, 0.25) is 0 Å². The van der Waals surface area contributed by atoms with Crippen molar-refractivity contribution in [3.05, 3.63) is 71.2 Å². The van der Waals surface area contributed by atoms with E-state index in [0.29, 0.717) is 29.6 Å². The number of hydrogen-bond donors (Lipinski definition) is 1. The molecule has 0 radical (unpaired) electrons. The van der Waals surface area contributed by atoms with Crippen molar-refractivity contribution in [3.8, 4) is 6.07 Å². The van der Waals surface area contributed by atoms with Gasteiger partial charge < -0.3 is 9.88 Å². The molecule has 2 aromatic carbocycles. The molecule has 7 heteroatoms. The Labute approximate surface area is 175 Å². The summed E-state index contributed by atoms with van der Waals surface area (Å²) in [4.78, 5) is 20.3. The highest BCUT2D eigenvalue weighted by Gasteiger charge is 2.24. The van der Waals surface area contributed by atoms with Gasteiger partial charge in [0.25, 0.3) is 5.91 Å². The average Bonchev–Trinajstić information content (AvgIpc) is 3.17. The first-order chi connectivity index (χ1) is 13.7. The molecular formula is C22H22ClFN4O. The molecule has 0 unspecified atom stereocenters. The maximum atomic E-state index is 13.0. The first-order valence-corrected chi connectivity index (χ1v) is 9.42. The number of halogens is 2. The summed E-state index contributed by atoms with van der Waals surface area (Å²) in [6.45, 7) is 3.82. The molecule has 0 spiro atoms. The van der Waals surface area contributed by atoms with E-state index < -0.39 is 0 Å². The summed E-state index contributed by atoms with van der Waals surface area (Å²) in [6.07, 6.45) is 2.51. The first-order valence-electron chi connectivity index (χ1n) is 9.42. The van der Waals surface area contributed by atoms with Crippen molar-refractivity contribution in [2.75, 3.05) is 32.7 Å². The van der Waals surface area contributed by atoms with Crippen molar-refractivity contribution in [2.24, 2.45) is 0 Å². The van der Waals surface area contributed by atoms with Crippen LogP contribution in [0.25, 0.3) is 10.9 Å². The van der Waals surface area contributed by atoms with E-state index in [4.69, 9.17) is 0 Å². The molecule has 3 aromatic rings. The van der Waals surface area contributed by atoms with Crippen molar-refractivity contribution < 1.29 is 9.18 Å². The molecule has 29 heavy (non-hydrogen) atoms. The summed E-state index contributed by atoms with van der Waals surface area (Å²) in [5.74, 6) is -0.243. The number of fused-ring (bicyclic) bond motifs is 1. The van der Waals surface area contributed by atoms with Crippen molar-refractivity contribution in [1.29, 1.82) is 5.26 Å². The molecule has 1 fully saturated rings. The second-order valence-electron chi connectivity index (χ2n) is 7.05. The maximum absolute atomic E-state index is 13.0. The van der Waals surface area contributed by atoms with Crippen molar-refractivity contribution in [1.82, 2.24) is 14.8 Å². The molecule has 0 bridgehead atoms. The molecule has 4 rings (SSSR count). The summed E-state index contributed by atoms with van der Waals surface area (Å²) in [5.41, 5.74) is 3.00. The van der Waals surface area contributed by atoms with E-state index in [0.717, 1.165) is 37.1 Å². The number of aromatic nitrogens is 1. The standard InChI is InChI=1S/C22H21FN4O.ClH/c23-18-6-4-16(5-7-18)8-9-26-10-12-27(13-11-26)22(28)19-2-1-3-20-21(19)17(14-24)15-25-20;/h1-7,15,25H,8-13H2;1H. The molecule has 1 aliphatic heterocycles. The van der Waals surface area contributed by atoms with Gasteiger partial charge in [0.15, 0.2) is 0 Å². The van der Waals surface area contributed by atoms with Gasteiger partial charge in [-0.15, -0.1) is 12.4 Å². The van der Waals surface area contributed by atoms with Crippen molar-refractivity contribution >= 4 is 29.2 Å². The van der Waals surface area contributed by atoms with Gasteiger partial charge in [0, 0.05) is 49.8 Å². The molecule has 1 N–H and O–H groups in total. The molecule has 5 nitrogen and oxygen atoms in total. The van der Waals surface area contributed by atoms with E-state index >= 15 is 0 Å². The number of nitrogens with zero attached hydrogens (tertiary/aromatic N) is 3. The van der Waals surface area contributed by atoms with Crippen LogP contribution in [-0.4, -0.2) is 53.4 Å². The molecule has 0 saturated carbocycles. The number of hydrogen-bond acceptors (Lipinski definition) is 3. The number of amides is 1. The second-order valence-corrected chi connectivity index (χ2v) is 7.05. The molecule has 0 atom stereocenters. The second kappa shape index (κ2) is 9.08. The zero-order valence-electron chi connectivity index (χ0n) is 15.9. The average molecular weight is 413 g/mol. The lowest BCUT2D eigenvalue weighted by molar-refractivity contribution is 0.0640. The quantitative estimate of drug-likeness (QED) is 0.712. The number of nitrogens with one attached hydrogen (secondary N) is 1. The molecule has 0 aliphatic carbocycles. The Bertz CT molecular complexity index is 1030. The zero-order chi connectivity index (χ0) is 19.5. The molecular weight excluding hydrogens is 391 g/mol. The van der Waals surface area contributed by atoms with Crippen LogP contribution in [0.1, 0.15) is 21.5 Å². The number of aromatic amines is 1. The van der Waals surface area contributed by atoms with Crippen molar-refractivity contribution in [3.63, 3.8) is 0 Å². The van der Waals surface area contributed by atoms with Gasteiger partial charge in [-0.25, -0.2) is 4.39 Å². The van der Waals surface area contributed by atoms with Crippen LogP contribution in [0.15, 0.2) is 48.7 Å². The van der Waals surface area contributed by atoms with E-state index in [1.807, 2.05) is 29.2 Å². The van der Waals surface area contributed by atoms with Crippen LogP contribution in [0, 0.1) is 17.1 Å². The van der Waals surface area contributed by atoms with E-state index in [-0.39, 0.29) is 24.1 Å². The van der Waals surface area contributed by atoms with Crippen LogP contribution in [-0.2, 0) is 6.42 Å². The number of benzene rings is 2. The van der Waals surface area contributed by atoms with E-state index in [2.05, 4.69) is 16.0 Å². The van der Waals surface area contributed by atoms with Crippen LogP contribution >= 0.6 is 12.4 Å². The highest BCUT2D eigenvalue weighted by atomic mass is 35.5. The molecule has 2 heterocycles. The van der Waals surface area contributed by atoms with Gasteiger partial charge in [0.1, 0.15) is 11.9 Å². The van der Waals surface area contributed by atoms with E-state index in [9.17, 15) is 14.4 Å².